The highest BCUT2D eigenvalue weighted by Crippen LogP contribution is 2.67. The maximum Gasteiger partial charge on any atom is 0.509 e. The molecule has 1 aromatic rings. The molecule has 4 fully saturated rings. The van der Waals surface area contributed by atoms with E-state index in [4.69, 9.17) is 32.8 Å². The van der Waals surface area contributed by atoms with Gasteiger partial charge in [-0.2, -0.15) is 0 Å². The summed E-state index contributed by atoms with van der Waals surface area (Å²) in [6.07, 6.45) is -9.00. The highest BCUT2D eigenvalue weighted by molar-refractivity contribution is 6.73. The summed E-state index contributed by atoms with van der Waals surface area (Å²) in [7, 11) is -2.54. The van der Waals surface area contributed by atoms with Crippen molar-refractivity contribution < 1.29 is 61.9 Å². The first-order valence-electron chi connectivity index (χ1n) is 18.2. The van der Waals surface area contributed by atoms with Gasteiger partial charge in [0.15, 0.2) is 38.0 Å². The maximum atomic E-state index is 15.8. The van der Waals surface area contributed by atoms with Gasteiger partial charge in [-0.25, -0.2) is 9.59 Å². The molecule has 2 aliphatic heterocycles. The number of hydrogen-bond acceptors (Lipinski definition) is 13. The van der Waals surface area contributed by atoms with E-state index < -0.39 is 103 Å². The zero-order chi connectivity index (χ0) is 38.2. The van der Waals surface area contributed by atoms with Crippen molar-refractivity contribution in [1.29, 1.82) is 0 Å². The standard InChI is InChI=1S/C38H50O13Si/c1-10-52(11-2,12-3)51-24-18-25-37(19-45-25,49-22(6)40)29-32(47-33(43)23-16-14-13-15-17-23)38-31(48-34(44)50-38)27(41)20(4)26(35(38,7)8)28(46-21(5)39)30(42)36(24,29)9/h13-17,24-25,27-29,31-32,41H,10-12,18-19H2,1-9H3/t24-,25+,27?,28+,29?,31-,32-,36+,37-,38+/m0/s1. The number of Topliss-reactive ketones (excluding diaryl/α,β-unsaturated/α-hetero) is 1. The molecule has 5 aliphatic rings. The lowest BCUT2D eigenvalue weighted by Gasteiger charge is -2.68. The van der Waals surface area contributed by atoms with Gasteiger partial charge in [-0.05, 0) is 55.3 Å². The largest absolute Gasteiger partial charge is 0.509 e. The van der Waals surface area contributed by atoms with Gasteiger partial charge in [0.1, 0.15) is 12.2 Å². The van der Waals surface area contributed by atoms with Crippen LogP contribution in [0.5, 0.6) is 0 Å². The summed E-state index contributed by atoms with van der Waals surface area (Å²) in [4.78, 5) is 69.8. The fraction of sp³-hybridized carbons (Fsp3) is 0.658. The molecular formula is C38H50O13Si. The lowest BCUT2D eigenvalue weighted by atomic mass is 9.44. The van der Waals surface area contributed by atoms with E-state index in [1.165, 1.54) is 13.8 Å². The van der Waals surface area contributed by atoms with E-state index in [1.54, 1.807) is 58.0 Å². The Morgan fingerprint density at radius 3 is 2.13 bits per heavy atom. The molecule has 2 saturated carbocycles. The molecule has 3 aliphatic carbocycles. The summed E-state index contributed by atoms with van der Waals surface area (Å²) in [5, 5.41) is 12.0. The number of aliphatic hydroxyl groups is 1. The molecule has 14 heteroatoms. The molecule has 52 heavy (non-hydrogen) atoms. The number of ether oxygens (including phenoxy) is 6. The van der Waals surface area contributed by atoms with Crippen molar-refractivity contribution >= 4 is 38.2 Å². The fourth-order valence-corrected chi connectivity index (χ4v) is 13.0. The van der Waals surface area contributed by atoms with E-state index in [-0.39, 0.29) is 29.7 Å². The molecule has 1 N–H and O–H groups in total. The molecule has 284 valence electrons. The van der Waals surface area contributed by atoms with Crippen LogP contribution < -0.4 is 0 Å². The van der Waals surface area contributed by atoms with Gasteiger partial charge in [-0.1, -0.05) is 52.8 Å². The van der Waals surface area contributed by atoms with Crippen LogP contribution in [0.1, 0.15) is 79.1 Å². The van der Waals surface area contributed by atoms with Gasteiger partial charge in [-0.15, -0.1) is 0 Å². The van der Waals surface area contributed by atoms with Gasteiger partial charge in [-0.3, -0.25) is 14.4 Å². The van der Waals surface area contributed by atoms with E-state index in [0.717, 1.165) is 18.1 Å². The van der Waals surface area contributed by atoms with Crippen molar-refractivity contribution in [3.05, 3.63) is 47.0 Å². The van der Waals surface area contributed by atoms with Gasteiger partial charge >= 0.3 is 24.1 Å². The average Bonchev–Trinajstić information content (AvgIpc) is 3.47. The summed E-state index contributed by atoms with van der Waals surface area (Å²) in [6, 6.07) is 10.4. The number of rotatable bonds is 9. The highest BCUT2D eigenvalue weighted by atomic mass is 28.4. The third kappa shape index (κ3) is 5.22. The normalized spacial score (nSPS) is 37.5. The fourth-order valence-electron chi connectivity index (χ4n) is 10.1. The number of esters is 3. The molecule has 6 rings (SSSR count). The minimum absolute atomic E-state index is 0.129. The van der Waals surface area contributed by atoms with Crippen LogP contribution >= 0.6 is 0 Å². The Morgan fingerprint density at radius 2 is 1.60 bits per heavy atom. The first-order chi connectivity index (χ1) is 24.4. The predicted octanol–water partition coefficient (Wildman–Crippen LogP) is 4.84. The lowest BCUT2D eigenvalue weighted by Crippen LogP contribution is -2.83. The molecule has 10 atom stereocenters. The molecule has 1 aromatic carbocycles. The third-order valence-corrected chi connectivity index (χ3v) is 17.6. The van der Waals surface area contributed by atoms with E-state index in [1.807, 2.05) is 0 Å². The molecule has 1 spiro atoms. The Labute approximate surface area is 304 Å². The minimum atomic E-state index is -2.54. The molecular weight excluding hydrogens is 692 g/mol. The summed E-state index contributed by atoms with van der Waals surface area (Å²) >= 11 is 0. The second-order valence-electron chi connectivity index (χ2n) is 15.6. The van der Waals surface area contributed by atoms with Crippen molar-refractivity contribution in [2.24, 2.45) is 16.7 Å². The van der Waals surface area contributed by atoms with E-state index in [2.05, 4.69) is 20.8 Å². The second kappa shape index (κ2) is 13.1. The lowest BCUT2D eigenvalue weighted by molar-refractivity contribution is -0.344. The molecule has 0 aromatic heterocycles. The summed E-state index contributed by atoms with van der Waals surface area (Å²) in [6.45, 7) is 15.0. The quantitative estimate of drug-likeness (QED) is 0.158. The predicted molar refractivity (Wildman–Crippen MR) is 185 cm³/mol. The van der Waals surface area contributed by atoms with Crippen molar-refractivity contribution in [2.75, 3.05) is 6.61 Å². The van der Waals surface area contributed by atoms with Crippen LogP contribution in [-0.4, -0.2) is 97.7 Å². The molecule has 2 saturated heterocycles. The van der Waals surface area contributed by atoms with Gasteiger partial charge in [0.25, 0.3) is 0 Å². The Bertz CT molecular complexity index is 1680. The SMILES string of the molecule is CC[Si](CC)(CC)O[C@H]1C[C@H]2OC[C@@]2(OC(C)=O)C2[C@H](OC(=O)c3ccccc3)[C@]34OC(=O)O[C@H]3C(O)C(C)=C([C@@H](OC(C)=O)C(=O)[C@@]21C)C4(C)C. The van der Waals surface area contributed by atoms with Crippen molar-refractivity contribution in [3.8, 4) is 0 Å². The number of carbonyl (C=O) groups is 5. The van der Waals surface area contributed by atoms with Crippen LogP contribution in [-0.2, 0) is 47.2 Å². The topological polar surface area (TPSA) is 170 Å². The van der Waals surface area contributed by atoms with Crippen LogP contribution in [0.3, 0.4) is 0 Å². The van der Waals surface area contributed by atoms with E-state index >= 15 is 4.79 Å². The number of carbonyl (C=O) groups excluding carboxylic acids is 5. The van der Waals surface area contributed by atoms with E-state index in [0.29, 0.717) is 0 Å². The number of aliphatic hydroxyl groups excluding tert-OH is 1. The van der Waals surface area contributed by atoms with Gasteiger partial charge in [0, 0.05) is 25.7 Å². The van der Waals surface area contributed by atoms with Gasteiger partial charge in [0.2, 0.25) is 5.60 Å². The first-order valence-corrected chi connectivity index (χ1v) is 20.7. The minimum Gasteiger partial charge on any atom is -0.454 e. The second-order valence-corrected chi connectivity index (χ2v) is 20.3. The van der Waals surface area contributed by atoms with Crippen LogP contribution in [0.4, 0.5) is 4.79 Å². The van der Waals surface area contributed by atoms with Crippen LogP contribution in [0, 0.1) is 16.7 Å². The molecule has 2 bridgehead atoms. The smallest absolute Gasteiger partial charge is 0.454 e. The van der Waals surface area contributed by atoms with Crippen LogP contribution in [0.15, 0.2) is 41.5 Å². The van der Waals surface area contributed by atoms with Crippen LogP contribution in [0.25, 0.3) is 0 Å². The maximum absolute atomic E-state index is 15.8. The van der Waals surface area contributed by atoms with E-state index in [9.17, 15) is 24.3 Å². The van der Waals surface area contributed by atoms with Crippen molar-refractivity contribution in [1.82, 2.24) is 0 Å². The van der Waals surface area contributed by atoms with Gasteiger partial charge in [0.05, 0.1) is 29.6 Å². The molecule has 13 nitrogen and oxygen atoms in total. The third-order valence-electron chi connectivity index (χ3n) is 13.0. The Balaban J connectivity index is 1.74. The molecule has 0 amide bonds. The Hall–Kier alpha value is -3.59. The number of ketones is 1. The zero-order valence-corrected chi connectivity index (χ0v) is 32.3. The molecule has 2 unspecified atom stereocenters. The number of fused-ring (bicyclic) bond motifs is 4. The monoisotopic (exact) mass is 742 g/mol. The zero-order valence-electron chi connectivity index (χ0n) is 31.3. The van der Waals surface area contributed by atoms with Crippen molar-refractivity contribution in [3.63, 3.8) is 0 Å². The highest BCUT2D eigenvalue weighted by Gasteiger charge is 2.83. The Morgan fingerprint density at radius 1 is 0.962 bits per heavy atom. The summed E-state index contributed by atoms with van der Waals surface area (Å²) in [5.74, 6) is -4.18. The van der Waals surface area contributed by atoms with Gasteiger partial charge < -0.3 is 38.0 Å². The summed E-state index contributed by atoms with van der Waals surface area (Å²) in [5.41, 5.74) is -6.33. The van der Waals surface area contributed by atoms with Crippen LogP contribution in [0.2, 0.25) is 18.1 Å². The summed E-state index contributed by atoms with van der Waals surface area (Å²) < 4.78 is 44.3. The Kier molecular flexibility index (Phi) is 9.58. The van der Waals surface area contributed by atoms with Crippen molar-refractivity contribution in [2.45, 2.75) is 135 Å². The average molecular weight is 743 g/mol. The first kappa shape index (κ1) is 38.1. The number of benzene rings is 1. The molecule has 0 radical (unpaired) electrons. The molecule has 2 heterocycles. The number of hydrogen-bond donors (Lipinski definition) is 1.